The summed E-state index contributed by atoms with van der Waals surface area (Å²) in [5.74, 6) is -0.333. The van der Waals surface area contributed by atoms with E-state index in [2.05, 4.69) is 5.32 Å². The summed E-state index contributed by atoms with van der Waals surface area (Å²) in [6, 6.07) is 0. The Labute approximate surface area is 127 Å². The molecule has 21 heavy (non-hydrogen) atoms. The molecule has 0 saturated heterocycles. The summed E-state index contributed by atoms with van der Waals surface area (Å²) in [6.45, 7) is 9.43. The first-order chi connectivity index (χ1) is 9.60. The predicted molar refractivity (Wildman–Crippen MR) is 81.1 cm³/mol. The topological polar surface area (TPSA) is 75.6 Å². The van der Waals surface area contributed by atoms with Gasteiger partial charge in [-0.15, -0.1) is 0 Å². The van der Waals surface area contributed by atoms with Gasteiger partial charge in [0.2, 0.25) is 0 Å². The Hall–Kier alpha value is -1.26. The number of rotatable bonds is 7. The van der Waals surface area contributed by atoms with Gasteiger partial charge in [-0.1, -0.05) is 33.1 Å². The van der Waals surface area contributed by atoms with Gasteiger partial charge >= 0.3 is 12.1 Å². The number of alkyl carbamates (subject to hydrolysis) is 1. The van der Waals surface area contributed by atoms with Crippen molar-refractivity contribution in [2.45, 2.75) is 65.9 Å². The van der Waals surface area contributed by atoms with E-state index in [1.807, 2.05) is 13.8 Å². The van der Waals surface area contributed by atoms with Crippen LogP contribution in [0.1, 0.15) is 60.3 Å². The molecule has 1 aliphatic carbocycles. The molecule has 2 atom stereocenters. The summed E-state index contributed by atoms with van der Waals surface area (Å²) in [6.07, 6.45) is 3.05. The van der Waals surface area contributed by atoms with Crippen LogP contribution in [0.4, 0.5) is 4.79 Å². The molecule has 1 aliphatic rings. The lowest BCUT2D eigenvalue weighted by Gasteiger charge is -2.35. The molecule has 0 radical (unpaired) electrons. The minimum atomic E-state index is -0.896. The zero-order chi connectivity index (χ0) is 16.3. The van der Waals surface area contributed by atoms with Crippen LogP contribution in [0.25, 0.3) is 0 Å². The average Bonchev–Trinajstić information content (AvgIpc) is 3.14. The zero-order valence-corrected chi connectivity index (χ0v) is 13.9. The highest BCUT2D eigenvalue weighted by molar-refractivity contribution is 5.77. The third-order valence-corrected chi connectivity index (χ3v) is 4.28. The van der Waals surface area contributed by atoms with E-state index in [0.717, 1.165) is 19.3 Å². The Kier molecular flexibility index (Phi) is 5.65. The van der Waals surface area contributed by atoms with Gasteiger partial charge < -0.3 is 15.2 Å². The smallest absolute Gasteiger partial charge is 0.407 e. The van der Waals surface area contributed by atoms with Crippen molar-refractivity contribution in [3.05, 3.63) is 0 Å². The number of ether oxygens (including phenoxy) is 1. The normalized spacial score (nSPS) is 19.5. The van der Waals surface area contributed by atoms with E-state index in [9.17, 15) is 14.7 Å². The lowest BCUT2D eigenvalue weighted by atomic mass is 9.71. The summed E-state index contributed by atoms with van der Waals surface area (Å²) in [4.78, 5) is 23.7. The van der Waals surface area contributed by atoms with E-state index in [4.69, 9.17) is 4.74 Å². The monoisotopic (exact) mass is 299 g/mol. The highest BCUT2D eigenvalue weighted by atomic mass is 16.6. The molecule has 1 fully saturated rings. The van der Waals surface area contributed by atoms with Gasteiger partial charge in [0, 0.05) is 6.54 Å². The van der Waals surface area contributed by atoms with E-state index < -0.39 is 23.1 Å². The maximum Gasteiger partial charge on any atom is 0.407 e. The first kappa shape index (κ1) is 17.8. The average molecular weight is 299 g/mol. The number of carbonyl (C=O) groups is 2. The number of hydrogen-bond donors (Lipinski definition) is 2. The number of aliphatic carboxylic acids is 1. The Morgan fingerprint density at radius 2 is 1.90 bits per heavy atom. The van der Waals surface area contributed by atoms with Gasteiger partial charge in [0.25, 0.3) is 0 Å². The lowest BCUT2D eigenvalue weighted by Crippen LogP contribution is -2.48. The van der Waals surface area contributed by atoms with E-state index >= 15 is 0 Å². The zero-order valence-electron chi connectivity index (χ0n) is 13.9. The van der Waals surface area contributed by atoms with Crippen LogP contribution in [0.15, 0.2) is 0 Å². The molecule has 5 nitrogen and oxygen atoms in total. The number of hydrogen-bond acceptors (Lipinski definition) is 3. The number of amides is 1. The second kappa shape index (κ2) is 6.67. The molecule has 1 rings (SSSR count). The molecular weight excluding hydrogens is 270 g/mol. The molecule has 0 aliphatic heterocycles. The minimum absolute atomic E-state index is 0.00513. The summed E-state index contributed by atoms with van der Waals surface area (Å²) in [7, 11) is 0. The number of carboxylic acid groups (broad SMARTS) is 1. The summed E-state index contributed by atoms with van der Waals surface area (Å²) < 4.78 is 5.20. The van der Waals surface area contributed by atoms with Crippen LogP contribution in [0.3, 0.4) is 0 Å². The molecule has 0 aromatic heterocycles. The van der Waals surface area contributed by atoms with Crippen molar-refractivity contribution in [2.24, 2.45) is 17.3 Å². The SMILES string of the molecule is CCC(C)C(CNC(=O)OC(C)(C)C)(CC1CC1)C(=O)O. The van der Waals surface area contributed by atoms with Crippen LogP contribution in [-0.2, 0) is 9.53 Å². The fourth-order valence-corrected chi connectivity index (χ4v) is 2.59. The Morgan fingerprint density at radius 3 is 2.29 bits per heavy atom. The minimum Gasteiger partial charge on any atom is -0.481 e. The van der Waals surface area contributed by atoms with Crippen molar-refractivity contribution in [3.63, 3.8) is 0 Å². The molecule has 0 aromatic carbocycles. The molecule has 2 unspecified atom stereocenters. The molecule has 0 bridgehead atoms. The van der Waals surface area contributed by atoms with E-state index in [0.29, 0.717) is 12.3 Å². The van der Waals surface area contributed by atoms with Crippen LogP contribution in [-0.4, -0.2) is 29.3 Å². The van der Waals surface area contributed by atoms with Crippen molar-refractivity contribution in [1.82, 2.24) is 5.32 Å². The maximum atomic E-state index is 11.9. The van der Waals surface area contributed by atoms with Crippen molar-refractivity contribution >= 4 is 12.1 Å². The van der Waals surface area contributed by atoms with Gasteiger partial charge in [-0.3, -0.25) is 4.79 Å². The van der Waals surface area contributed by atoms with Crippen LogP contribution in [0.2, 0.25) is 0 Å². The summed E-state index contributed by atoms with van der Waals surface area (Å²) in [5.41, 5.74) is -1.48. The predicted octanol–water partition coefficient (Wildman–Crippen LogP) is 3.43. The summed E-state index contributed by atoms with van der Waals surface area (Å²) in [5, 5.41) is 12.4. The third-order valence-electron chi connectivity index (χ3n) is 4.28. The second-order valence-electron chi connectivity index (χ2n) is 7.27. The summed E-state index contributed by atoms with van der Waals surface area (Å²) >= 11 is 0. The van der Waals surface area contributed by atoms with Gasteiger partial charge in [-0.2, -0.15) is 0 Å². The quantitative estimate of drug-likeness (QED) is 0.755. The van der Waals surface area contributed by atoms with Gasteiger partial charge in [0.15, 0.2) is 0 Å². The molecule has 5 heteroatoms. The molecule has 1 saturated carbocycles. The van der Waals surface area contributed by atoms with Gasteiger partial charge in [-0.05, 0) is 39.0 Å². The largest absolute Gasteiger partial charge is 0.481 e. The molecule has 2 N–H and O–H groups in total. The molecule has 0 aromatic rings. The molecular formula is C16H29NO4. The molecule has 122 valence electrons. The highest BCUT2D eigenvalue weighted by Gasteiger charge is 2.47. The lowest BCUT2D eigenvalue weighted by molar-refractivity contribution is -0.153. The van der Waals surface area contributed by atoms with Crippen LogP contribution in [0, 0.1) is 17.3 Å². The maximum absolute atomic E-state index is 11.9. The van der Waals surface area contributed by atoms with Crippen LogP contribution in [0.5, 0.6) is 0 Å². The number of nitrogens with one attached hydrogen (secondary N) is 1. The standard InChI is InChI=1S/C16H29NO4/c1-6-11(2)16(13(18)19,9-12-7-8-12)10-17-14(20)21-15(3,4)5/h11-12H,6-10H2,1-5H3,(H,17,20)(H,18,19). The molecule has 1 amide bonds. The number of carbonyl (C=O) groups excluding carboxylic acids is 1. The fourth-order valence-electron chi connectivity index (χ4n) is 2.59. The van der Waals surface area contributed by atoms with Crippen molar-refractivity contribution in [2.75, 3.05) is 6.54 Å². The van der Waals surface area contributed by atoms with Gasteiger partial charge in [0.05, 0.1) is 5.41 Å². The van der Waals surface area contributed by atoms with Gasteiger partial charge in [0.1, 0.15) is 5.60 Å². The van der Waals surface area contributed by atoms with Crippen molar-refractivity contribution < 1.29 is 19.4 Å². The van der Waals surface area contributed by atoms with E-state index in [1.165, 1.54) is 0 Å². The van der Waals surface area contributed by atoms with Crippen molar-refractivity contribution in [3.8, 4) is 0 Å². The Bertz CT molecular complexity index is 384. The van der Waals surface area contributed by atoms with E-state index in [-0.39, 0.29) is 12.5 Å². The fraction of sp³-hybridized carbons (Fsp3) is 0.875. The first-order valence-electron chi connectivity index (χ1n) is 7.81. The highest BCUT2D eigenvalue weighted by Crippen LogP contribution is 2.45. The van der Waals surface area contributed by atoms with Crippen molar-refractivity contribution in [1.29, 1.82) is 0 Å². The third kappa shape index (κ3) is 5.21. The Balaban J connectivity index is 2.76. The van der Waals surface area contributed by atoms with E-state index in [1.54, 1.807) is 20.8 Å². The first-order valence-corrected chi connectivity index (χ1v) is 7.81. The van der Waals surface area contributed by atoms with Crippen LogP contribution >= 0.6 is 0 Å². The Morgan fingerprint density at radius 1 is 1.33 bits per heavy atom. The molecule has 0 heterocycles. The second-order valence-corrected chi connectivity index (χ2v) is 7.27. The van der Waals surface area contributed by atoms with Crippen LogP contribution < -0.4 is 5.32 Å². The number of carboxylic acids is 1. The molecule has 0 spiro atoms. The van der Waals surface area contributed by atoms with Gasteiger partial charge in [-0.25, -0.2) is 4.79 Å².